The van der Waals surface area contributed by atoms with Gasteiger partial charge in [-0.25, -0.2) is 0 Å². The van der Waals surface area contributed by atoms with E-state index in [0.717, 1.165) is 42.9 Å². The zero-order valence-corrected chi connectivity index (χ0v) is 13.8. The normalized spacial score (nSPS) is 24.4. The van der Waals surface area contributed by atoms with Crippen LogP contribution in [0, 0.1) is 6.92 Å². The van der Waals surface area contributed by atoms with Gasteiger partial charge in [-0.1, -0.05) is 18.2 Å². The molecule has 5 heteroatoms. The number of rotatable bonds is 5. The number of aryl methyl sites for hydroxylation is 2. The van der Waals surface area contributed by atoms with E-state index in [-0.39, 0.29) is 12.1 Å². The molecule has 1 saturated carbocycles. The van der Waals surface area contributed by atoms with Gasteiger partial charge in [0.25, 0.3) is 0 Å². The number of ether oxygens (including phenoxy) is 1. The third-order valence-electron chi connectivity index (χ3n) is 4.44. The first-order chi connectivity index (χ1) is 11.2. The second-order valence-corrected chi connectivity index (χ2v) is 6.13. The van der Waals surface area contributed by atoms with Crippen molar-refractivity contribution in [3.63, 3.8) is 0 Å². The molecule has 1 aliphatic carbocycles. The lowest BCUT2D eigenvalue weighted by Crippen LogP contribution is -2.48. The number of benzene rings is 1. The van der Waals surface area contributed by atoms with Gasteiger partial charge in [0.05, 0.1) is 17.4 Å². The van der Waals surface area contributed by atoms with Gasteiger partial charge in [0, 0.05) is 12.7 Å². The number of nitrogens with one attached hydrogen (secondary N) is 1. The van der Waals surface area contributed by atoms with Crippen LogP contribution in [0.25, 0.3) is 0 Å². The molecule has 1 aliphatic rings. The molecular formula is C18H25N3O2. The van der Waals surface area contributed by atoms with Crippen molar-refractivity contribution in [1.82, 2.24) is 9.78 Å². The van der Waals surface area contributed by atoms with Crippen molar-refractivity contribution in [1.29, 1.82) is 0 Å². The molecule has 0 unspecified atom stereocenters. The summed E-state index contributed by atoms with van der Waals surface area (Å²) in [5.41, 5.74) is 1.96. The topological polar surface area (TPSA) is 59.3 Å². The second kappa shape index (κ2) is 7.04. The molecule has 1 fully saturated rings. The van der Waals surface area contributed by atoms with E-state index >= 15 is 0 Å². The predicted molar refractivity (Wildman–Crippen MR) is 90.8 cm³/mol. The highest BCUT2D eigenvalue weighted by Gasteiger charge is 2.33. The number of aliphatic hydroxyl groups is 1. The molecule has 3 atom stereocenters. The van der Waals surface area contributed by atoms with Crippen molar-refractivity contribution in [2.24, 2.45) is 0 Å². The molecule has 124 valence electrons. The van der Waals surface area contributed by atoms with E-state index in [4.69, 9.17) is 4.74 Å². The molecular weight excluding hydrogens is 290 g/mol. The minimum absolute atomic E-state index is 0.00864. The molecule has 1 heterocycles. The molecule has 0 saturated heterocycles. The Morgan fingerprint density at radius 3 is 2.78 bits per heavy atom. The fourth-order valence-corrected chi connectivity index (χ4v) is 3.12. The van der Waals surface area contributed by atoms with Crippen LogP contribution < -0.4 is 10.1 Å². The van der Waals surface area contributed by atoms with Crippen LogP contribution in [0.3, 0.4) is 0 Å². The monoisotopic (exact) mass is 315 g/mol. The summed E-state index contributed by atoms with van der Waals surface area (Å²) in [5.74, 6) is 0.812. The molecule has 0 radical (unpaired) electrons. The first-order valence-electron chi connectivity index (χ1n) is 8.37. The smallest absolute Gasteiger partial charge is 0.126 e. The summed E-state index contributed by atoms with van der Waals surface area (Å²) in [5, 5.41) is 18.6. The van der Waals surface area contributed by atoms with Crippen LogP contribution >= 0.6 is 0 Å². The van der Waals surface area contributed by atoms with Crippen LogP contribution in [-0.4, -0.2) is 33.1 Å². The summed E-state index contributed by atoms with van der Waals surface area (Å²) in [7, 11) is 0. The SMILES string of the molecule is CCn1cc(N[C@H]2CCC[C@@H](Oc3ccccc3)[C@@H]2O)c(C)n1. The lowest BCUT2D eigenvalue weighted by Gasteiger charge is -2.35. The van der Waals surface area contributed by atoms with Gasteiger partial charge in [-0.05, 0) is 45.2 Å². The highest BCUT2D eigenvalue weighted by atomic mass is 16.5. The quantitative estimate of drug-likeness (QED) is 0.890. The summed E-state index contributed by atoms with van der Waals surface area (Å²) in [6.07, 6.45) is 4.14. The molecule has 23 heavy (non-hydrogen) atoms. The minimum atomic E-state index is -0.534. The predicted octanol–water partition coefficient (Wildman–Crippen LogP) is 2.98. The van der Waals surface area contributed by atoms with Crippen molar-refractivity contribution in [3.8, 4) is 5.75 Å². The van der Waals surface area contributed by atoms with E-state index in [1.165, 1.54) is 0 Å². The van der Waals surface area contributed by atoms with Gasteiger partial charge in [0.2, 0.25) is 0 Å². The zero-order valence-electron chi connectivity index (χ0n) is 13.8. The molecule has 0 bridgehead atoms. The molecule has 1 aromatic heterocycles. The van der Waals surface area contributed by atoms with Crippen LogP contribution in [0.5, 0.6) is 5.75 Å². The van der Waals surface area contributed by atoms with Crippen LogP contribution in [0.1, 0.15) is 31.9 Å². The van der Waals surface area contributed by atoms with E-state index in [0.29, 0.717) is 0 Å². The van der Waals surface area contributed by atoms with Gasteiger partial charge in [-0.3, -0.25) is 4.68 Å². The molecule has 3 rings (SSSR count). The lowest BCUT2D eigenvalue weighted by atomic mass is 9.89. The Labute approximate surface area is 137 Å². The number of aromatic nitrogens is 2. The van der Waals surface area contributed by atoms with E-state index < -0.39 is 6.10 Å². The third kappa shape index (κ3) is 3.67. The Balaban J connectivity index is 1.67. The molecule has 0 aliphatic heterocycles. The molecule has 0 amide bonds. The Bertz CT molecular complexity index is 626. The standard InChI is InChI=1S/C18H25N3O2/c1-3-21-12-16(13(2)20-21)19-15-10-7-11-17(18(15)22)23-14-8-5-4-6-9-14/h4-6,8-9,12,15,17-19,22H,3,7,10-11H2,1-2H3/t15-,17+,18+/m0/s1. The highest BCUT2D eigenvalue weighted by Crippen LogP contribution is 2.27. The van der Waals surface area contributed by atoms with Crippen LogP contribution in [0.2, 0.25) is 0 Å². The van der Waals surface area contributed by atoms with Gasteiger partial charge < -0.3 is 15.2 Å². The number of hydrogen-bond donors (Lipinski definition) is 2. The summed E-state index contributed by atoms with van der Waals surface area (Å²) in [6.45, 7) is 4.90. The maximum atomic E-state index is 10.7. The molecule has 5 nitrogen and oxygen atoms in total. The van der Waals surface area contributed by atoms with Crippen molar-refractivity contribution < 1.29 is 9.84 Å². The van der Waals surface area contributed by atoms with Crippen LogP contribution in [0.4, 0.5) is 5.69 Å². The van der Waals surface area contributed by atoms with Gasteiger partial charge in [0.15, 0.2) is 0 Å². The number of hydrogen-bond acceptors (Lipinski definition) is 4. The van der Waals surface area contributed by atoms with Gasteiger partial charge in [0.1, 0.15) is 18.0 Å². The average Bonchev–Trinajstić information content (AvgIpc) is 2.92. The number of aliphatic hydroxyl groups excluding tert-OH is 1. The molecule has 2 aromatic rings. The summed E-state index contributed by atoms with van der Waals surface area (Å²) in [6, 6.07) is 9.71. The van der Waals surface area contributed by atoms with Crippen molar-refractivity contribution in [2.75, 3.05) is 5.32 Å². The number of para-hydroxylation sites is 1. The van der Waals surface area contributed by atoms with Crippen molar-refractivity contribution in [2.45, 2.75) is 57.9 Å². The summed E-state index contributed by atoms with van der Waals surface area (Å²) < 4.78 is 7.89. The summed E-state index contributed by atoms with van der Waals surface area (Å²) in [4.78, 5) is 0. The zero-order chi connectivity index (χ0) is 16.2. The van der Waals surface area contributed by atoms with E-state index in [1.807, 2.05) is 48.1 Å². The fourth-order valence-electron chi connectivity index (χ4n) is 3.12. The van der Waals surface area contributed by atoms with Crippen LogP contribution in [0.15, 0.2) is 36.5 Å². The molecule has 2 N–H and O–H groups in total. The maximum Gasteiger partial charge on any atom is 0.126 e. The lowest BCUT2D eigenvalue weighted by molar-refractivity contribution is -0.00110. The Morgan fingerprint density at radius 1 is 1.30 bits per heavy atom. The van der Waals surface area contributed by atoms with E-state index in [9.17, 15) is 5.11 Å². The van der Waals surface area contributed by atoms with E-state index in [1.54, 1.807) is 0 Å². The number of nitrogens with zero attached hydrogens (tertiary/aromatic N) is 2. The Morgan fingerprint density at radius 2 is 2.09 bits per heavy atom. The Hall–Kier alpha value is -2.01. The first-order valence-corrected chi connectivity index (χ1v) is 8.37. The second-order valence-electron chi connectivity index (χ2n) is 6.13. The molecule has 0 spiro atoms. The highest BCUT2D eigenvalue weighted by molar-refractivity contribution is 5.47. The van der Waals surface area contributed by atoms with Crippen LogP contribution in [-0.2, 0) is 6.54 Å². The maximum absolute atomic E-state index is 10.7. The average molecular weight is 315 g/mol. The van der Waals surface area contributed by atoms with Crippen molar-refractivity contribution >= 4 is 5.69 Å². The first kappa shape index (κ1) is 15.9. The molecule has 1 aromatic carbocycles. The van der Waals surface area contributed by atoms with E-state index in [2.05, 4.69) is 17.3 Å². The minimum Gasteiger partial charge on any atom is -0.488 e. The summed E-state index contributed by atoms with van der Waals surface area (Å²) >= 11 is 0. The van der Waals surface area contributed by atoms with Gasteiger partial charge >= 0.3 is 0 Å². The van der Waals surface area contributed by atoms with Gasteiger partial charge in [-0.15, -0.1) is 0 Å². The Kier molecular flexibility index (Phi) is 4.86. The third-order valence-corrected chi connectivity index (χ3v) is 4.44. The van der Waals surface area contributed by atoms with Crippen molar-refractivity contribution in [3.05, 3.63) is 42.2 Å². The fraction of sp³-hybridized carbons (Fsp3) is 0.500. The largest absolute Gasteiger partial charge is 0.488 e. The van der Waals surface area contributed by atoms with Gasteiger partial charge in [-0.2, -0.15) is 5.10 Å². The number of anilines is 1.